The van der Waals surface area contributed by atoms with Crippen LogP contribution in [-0.4, -0.2) is 42.4 Å². The average molecular weight is 426 g/mol. The van der Waals surface area contributed by atoms with Gasteiger partial charge in [0.1, 0.15) is 5.54 Å². The third-order valence-electron chi connectivity index (χ3n) is 5.84. The second kappa shape index (κ2) is 7.02. The number of anilines is 1. The standard InChI is InChI=1S/C20H20ClN7O2/c1-11-7-14-10-20(9-11,18-27-25-12(2)30-18)28(14)19(29)24-13-3-4-16(21)15(8-13)17-22-5-6-23-26-17/h3-6,8,11,14H,7,9-10H2,1-2H3,(H,24,29)/t11-,14-,20+/m0/s1. The van der Waals surface area contributed by atoms with Crippen LogP contribution in [0.3, 0.4) is 0 Å². The van der Waals surface area contributed by atoms with Gasteiger partial charge in [0.05, 0.1) is 11.2 Å². The van der Waals surface area contributed by atoms with Gasteiger partial charge < -0.3 is 14.6 Å². The minimum atomic E-state index is -0.546. The number of halogens is 1. The molecule has 1 aromatic carbocycles. The fourth-order valence-electron chi connectivity index (χ4n) is 4.76. The van der Waals surface area contributed by atoms with Crippen LogP contribution in [0.2, 0.25) is 5.02 Å². The van der Waals surface area contributed by atoms with Gasteiger partial charge in [-0.3, -0.25) is 0 Å². The summed E-state index contributed by atoms with van der Waals surface area (Å²) < 4.78 is 5.75. The van der Waals surface area contributed by atoms with E-state index in [1.54, 1.807) is 31.3 Å². The molecule has 10 heteroatoms. The fraction of sp³-hybridized carbons (Fsp3) is 0.400. The molecular weight excluding hydrogens is 406 g/mol. The van der Waals surface area contributed by atoms with E-state index in [2.05, 4.69) is 37.6 Å². The second-order valence-electron chi connectivity index (χ2n) is 8.02. The molecule has 0 radical (unpaired) electrons. The number of nitrogens with one attached hydrogen (secondary N) is 1. The Morgan fingerprint density at radius 1 is 1.27 bits per heavy atom. The van der Waals surface area contributed by atoms with E-state index >= 15 is 0 Å². The van der Waals surface area contributed by atoms with Gasteiger partial charge in [-0.25, -0.2) is 9.78 Å². The molecule has 1 saturated heterocycles. The summed E-state index contributed by atoms with van der Waals surface area (Å²) in [5.41, 5.74) is 0.652. The van der Waals surface area contributed by atoms with E-state index in [4.69, 9.17) is 16.0 Å². The third-order valence-corrected chi connectivity index (χ3v) is 6.17. The lowest BCUT2D eigenvalue weighted by Gasteiger charge is -2.61. The highest BCUT2D eigenvalue weighted by atomic mass is 35.5. The van der Waals surface area contributed by atoms with Gasteiger partial charge in [0.2, 0.25) is 11.8 Å². The number of piperidine rings is 1. The lowest BCUT2D eigenvalue weighted by molar-refractivity contribution is -0.110. The normalized spacial score (nSPS) is 25.0. The van der Waals surface area contributed by atoms with Gasteiger partial charge in [-0.15, -0.1) is 15.3 Å². The first-order chi connectivity index (χ1) is 14.5. The Bertz CT molecular complexity index is 1110. The molecule has 1 aliphatic carbocycles. The fourth-order valence-corrected chi connectivity index (χ4v) is 4.96. The van der Waals surface area contributed by atoms with Crippen molar-refractivity contribution in [3.63, 3.8) is 0 Å². The zero-order chi connectivity index (χ0) is 20.9. The van der Waals surface area contributed by atoms with Crippen molar-refractivity contribution in [2.75, 3.05) is 5.32 Å². The number of rotatable bonds is 3. The van der Waals surface area contributed by atoms with Crippen LogP contribution < -0.4 is 5.32 Å². The number of hydrogen-bond donors (Lipinski definition) is 1. The van der Waals surface area contributed by atoms with Crippen LogP contribution >= 0.6 is 11.6 Å². The molecule has 3 heterocycles. The number of urea groups is 1. The number of carbonyl (C=O) groups is 1. The Morgan fingerprint density at radius 3 is 2.87 bits per heavy atom. The summed E-state index contributed by atoms with van der Waals surface area (Å²) in [6, 6.07) is 5.16. The largest absolute Gasteiger partial charge is 0.423 e. The van der Waals surface area contributed by atoms with Crippen LogP contribution in [0.15, 0.2) is 35.0 Å². The van der Waals surface area contributed by atoms with Crippen LogP contribution in [0.25, 0.3) is 11.4 Å². The van der Waals surface area contributed by atoms with E-state index in [0.717, 1.165) is 19.3 Å². The minimum Gasteiger partial charge on any atom is -0.423 e. The predicted molar refractivity (Wildman–Crippen MR) is 109 cm³/mol. The number of nitrogens with zero attached hydrogens (tertiary/aromatic N) is 6. The molecule has 1 N–H and O–H groups in total. The number of likely N-dealkylation sites (tertiary alicyclic amines) is 1. The molecule has 0 spiro atoms. The van der Waals surface area contributed by atoms with Gasteiger partial charge in [0.25, 0.3) is 0 Å². The number of hydrogen-bond acceptors (Lipinski definition) is 7. The molecule has 9 nitrogen and oxygen atoms in total. The molecule has 0 unspecified atom stereocenters. The topological polar surface area (TPSA) is 110 Å². The number of amides is 2. The highest BCUT2D eigenvalue weighted by Gasteiger charge is 2.62. The molecule has 2 aromatic heterocycles. The minimum absolute atomic E-state index is 0.148. The molecule has 3 atom stereocenters. The van der Waals surface area contributed by atoms with E-state index in [1.807, 2.05) is 4.90 Å². The Balaban J connectivity index is 1.43. The molecule has 1 aliphatic heterocycles. The zero-order valence-corrected chi connectivity index (χ0v) is 17.3. The van der Waals surface area contributed by atoms with Crippen molar-refractivity contribution in [3.8, 4) is 11.4 Å². The van der Waals surface area contributed by atoms with Gasteiger partial charge in [-0.2, -0.15) is 5.10 Å². The zero-order valence-electron chi connectivity index (χ0n) is 16.5. The quantitative estimate of drug-likeness (QED) is 0.679. The maximum atomic E-state index is 13.3. The van der Waals surface area contributed by atoms with Crippen molar-refractivity contribution in [1.29, 1.82) is 0 Å². The Kier molecular flexibility index (Phi) is 4.43. The van der Waals surface area contributed by atoms with E-state index in [1.165, 1.54) is 6.20 Å². The van der Waals surface area contributed by atoms with Crippen molar-refractivity contribution in [2.45, 2.75) is 44.7 Å². The molecule has 2 amide bonds. The van der Waals surface area contributed by atoms with Crippen molar-refractivity contribution < 1.29 is 9.21 Å². The van der Waals surface area contributed by atoms with E-state index in [0.29, 0.717) is 39.8 Å². The summed E-state index contributed by atoms with van der Waals surface area (Å²) in [5, 5.41) is 19.5. The molecule has 154 valence electrons. The van der Waals surface area contributed by atoms with Gasteiger partial charge in [0, 0.05) is 36.8 Å². The predicted octanol–water partition coefficient (Wildman–Crippen LogP) is 3.82. The van der Waals surface area contributed by atoms with Gasteiger partial charge in [-0.1, -0.05) is 18.5 Å². The highest BCUT2D eigenvalue weighted by Crippen LogP contribution is 2.55. The van der Waals surface area contributed by atoms with Crippen molar-refractivity contribution in [3.05, 3.63) is 47.4 Å². The lowest BCUT2D eigenvalue weighted by Crippen LogP contribution is -2.70. The van der Waals surface area contributed by atoms with Crippen LogP contribution in [0.1, 0.15) is 38.0 Å². The average Bonchev–Trinajstić information content (AvgIpc) is 3.16. The van der Waals surface area contributed by atoms with E-state index in [9.17, 15) is 4.79 Å². The maximum absolute atomic E-state index is 13.3. The van der Waals surface area contributed by atoms with Crippen LogP contribution in [0.5, 0.6) is 0 Å². The first kappa shape index (κ1) is 18.9. The molecule has 2 bridgehead atoms. The first-order valence-electron chi connectivity index (χ1n) is 9.81. The Labute approximate surface area is 177 Å². The summed E-state index contributed by atoms with van der Waals surface area (Å²) in [6.45, 7) is 3.95. The summed E-state index contributed by atoms with van der Waals surface area (Å²) in [7, 11) is 0. The van der Waals surface area contributed by atoms with Crippen LogP contribution in [-0.2, 0) is 5.54 Å². The summed E-state index contributed by atoms with van der Waals surface area (Å²) in [5.74, 6) is 1.88. The molecule has 2 aliphatic rings. The number of aromatic nitrogens is 5. The summed E-state index contributed by atoms with van der Waals surface area (Å²) in [6.07, 6.45) is 5.63. The summed E-state index contributed by atoms with van der Waals surface area (Å²) >= 11 is 6.31. The number of benzene rings is 1. The summed E-state index contributed by atoms with van der Waals surface area (Å²) in [4.78, 5) is 19.3. The molecule has 5 rings (SSSR count). The van der Waals surface area contributed by atoms with Crippen molar-refractivity contribution in [1.82, 2.24) is 30.3 Å². The van der Waals surface area contributed by atoms with Crippen molar-refractivity contribution >= 4 is 23.3 Å². The van der Waals surface area contributed by atoms with Gasteiger partial charge >= 0.3 is 6.03 Å². The molecule has 2 fully saturated rings. The monoisotopic (exact) mass is 425 g/mol. The molecule has 30 heavy (non-hydrogen) atoms. The second-order valence-corrected chi connectivity index (χ2v) is 8.43. The third kappa shape index (κ3) is 3.00. The molecular formula is C20H20ClN7O2. The smallest absolute Gasteiger partial charge is 0.323 e. The lowest BCUT2D eigenvalue weighted by atomic mass is 9.64. The Hall–Kier alpha value is -3.07. The van der Waals surface area contributed by atoms with Crippen LogP contribution in [0, 0.1) is 12.8 Å². The van der Waals surface area contributed by atoms with Crippen molar-refractivity contribution in [2.24, 2.45) is 5.92 Å². The first-order valence-corrected chi connectivity index (χ1v) is 10.2. The maximum Gasteiger partial charge on any atom is 0.323 e. The van der Waals surface area contributed by atoms with E-state index in [-0.39, 0.29) is 12.1 Å². The molecule has 1 saturated carbocycles. The van der Waals surface area contributed by atoms with Crippen LogP contribution in [0.4, 0.5) is 10.5 Å². The number of aryl methyl sites for hydroxylation is 1. The van der Waals surface area contributed by atoms with Gasteiger partial charge in [-0.05, 0) is 37.0 Å². The Morgan fingerprint density at radius 2 is 2.13 bits per heavy atom. The van der Waals surface area contributed by atoms with Gasteiger partial charge in [0.15, 0.2) is 5.82 Å². The highest BCUT2D eigenvalue weighted by molar-refractivity contribution is 6.33. The number of carbonyl (C=O) groups excluding carboxylic acids is 1. The van der Waals surface area contributed by atoms with E-state index < -0.39 is 5.54 Å². The molecule has 3 aromatic rings. The SMILES string of the molecule is Cc1nnc([C@@]23C[C@@H](C)C[C@@H](C2)N3C(=O)Nc2ccc(Cl)c(-c3nccnn3)c2)o1. The number of fused-ring (bicyclic) bond motifs is 2.